The van der Waals surface area contributed by atoms with Crippen molar-refractivity contribution in [2.45, 2.75) is 76.2 Å². The molecule has 0 amide bonds. The van der Waals surface area contributed by atoms with Gasteiger partial charge in [-0.2, -0.15) is 4.98 Å². The van der Waals surface area contributed by atoms with Gasteiger partial charge in [-0.3, -0.25) is 0 Å². The van der Waals surface area contributed by atoms with E-state index in [1.807, 2.05) is 0 Å². The zero-order valence-corrected chi connectivity index (χ0v) is 12.1. The van der Waals surface area contributed by atoms with Crippen LogP contribution in [0.4, 0.5) is 0 Å². The molecule has 0 radical (unpaired) electrons. The van der Waals surface area contributed by atoms with Gasteiger partial charge in [0.1, 0.15) is 0 Å². The first kappa shape index (κ1) is 13.1. The fourth-order valence-corrected chi connectivity index (χ4v) is 3.15. The van der Waals surface area contributed by atoms with E-state index in [9.17, 15) is 0 Å². The molecule has 2 aliphatic rings. The number of rotatable bonds is 4. The number of likely N-dealkylation sites (N-methyl/N-ethyl adjacent to an activating group) is 1. The standard InChI is InChI=1S/C15H25N3O/c1-3-16-12-8-6-4-5-7-11(12)13-17-14(18-19-13)15(2)9-10-15/h11-12,16H,3-10H2,1-2H3. The Morgan fingerprint density at radius 2 is 2.05 bits per heavy atom. The van der Waals surface area contributed by atoms with E-state index in [0.29, 0.717) is 12.0 Å². The van der Waals surface area contributed by atoms with E-state index in [1.165, 1.54) is 44.9 Å². The summed E-state index contributed by atoms with van der Waals surface area (Å²) in [6, 6.07) is 0.507. The van der Waals surface area contributed by atoms with Gasteiger partial charge in [0.15, 0.2) is 5.82 Å². The van der Waals surface area contributed by atoms with Crippen LogP contribution in [0.5, 0.6) is 0 Å². The Hall–Kier alpha value is -0.900. The molecule has 2 fully saturated rings. The minimum absolute atomic E-state index is 0.208. The highest BCUT2D eigenvalue weighted by Gasteiger charge is 2.44. The summed E-state index contributed by atoms with van der Waals surface area (Å²) in [5.41, 5.74) is 0.208. The molecule has 0 aliphatic heterocycles. The quantitative estimate of drug-likeness (QED) is 0.848. The summed E-state index contributed by atoms with van der Waals surface area (Å²) in [6.45, 7) is 5.42. The van der Waals surface area contributed by atoms with Crippen molar-refractivity contribution in [1.82, 2.24) is 15.5 Å². The van der Waals surface area contributed by atoms with Gasteiger partial charge in [-0.05, 0) is 32.2 Å². The lowest BCUT2D eigenvalue weighted by atomic mass is 9.94. The Morgan fingerprint density at radius 1 is 1.26 bits per heavy atom. The molecular weight excluding hydrogens is 238 g/mol. The van der Waals surface area contributed by atoms with Gasteiger partial charge in [0, 0.05) is 11.5 Å². The normalized spacial score (nSPS) is 30.0. The predicted octanol–water partition coefficient (Wildman–Crippen LogP) is 3.15. The zero-order chi connectivity index (χ0) is 13.3. The van der Waals surface area contributed by atoms with Crippen LogP contribution < -0.4 is 5.32 Å². The van der Waals surface area contributed by atoms with Gasteiger partial charge in [-0.15, -0.1) is 0 Å². The van der Waals surface area contributed by atoms with Crippen LogP contribution in [-0.4, -0.2) is 22.7 Å². The molecule has 0 bridgehead atoms. The number of nitrogens with zero attached hydrogens (tertiary/aromatic N) is 2. The number of hydrogen-bond acceptors (Lipinski definition) is 4. The van der Waals surface area contributed by atoms with Gasteiger partial charge >= 0.3 is 0 Å². The molecule has 1 heterocycles. The predicted molar refractivity (Wildman–Crippen MR) is 74.2 cm³/mol. The smallest absolute Gasteiger partial charge is 0.231 e. The molecule has 0 spiro atoms. The van der Waals surface area contributed by atoms with Crippen LogP contribution in [0.25, 0.3) is 0 Å². The van der Waals surface area contributed by atoms with Crippen LogP contribution in [-0.2, 0) is 5.41 Å². The molecule has 1 aromatic heterocycles. The van der Waals surface area contributed by atoms with E-state index in [4.69, 9.17) is 9.51 Å². The highest BCUT2D eigenvalue weighted by Crippen LogP contribution is 2.46. The first-order valence-corrected chi connectivity index (χ1v) is 7.80. The molecule has 4 nitrogen and oxygen atoms in total. The van der Waals surface area contributed by atoms with Gasteiger partial charge in [0.25, 0.3) is 0 Å². The Morgan fingerprint density at radius 3 is 2.79 bits per heavy atom. The molecule has 2 aliphatic carbocycles. The Bertz CT molecular complexity index is 425. The molecule has 19 heavy (non-hydrogen) atoms. The van der Waals surface area contributed by atoms with E-state index in [1.54, 1.807) is 0 Å². The summed E-state index contributed by atoms with van der Waals surface area (Å²) in [5.74, 6) is 2.21. The molecule has 2 saturated carbocycles. The Kier molecular flexibility index (Phi) is 3.61. The second-order valence-electron chi connectivity index (χ2n) is 6.43. The van der Waals surface area contributed by atoms with Crippen molar-refractivity contribution >= 4 is 0 Å². The highest BCUT2D eigenvalue weighted by atomic mass is 16.5. The second kappa shape index (κ2) is 5.23. The van der Waals surface area contributed by atoms with Gasteiger partial charge in [-0.1, -0.05) is 38.3 Å². The summed E-state index contributed by atoms with van der Waals surface area (Å²) < 4.78 is 5.60. The summed E-state index contributed by atoms with van der Waals surface area (Å²) in [7, 11) is 0. The van der Waals surface area contributed by atoms with Crippen molar-refractivity contribution in [2.24, 2.45) is 0 Å². The van der Waals surface area contributed by atoms with E-state index < -0.39 is 0 Å². The first-order chi connectivity index (χ1) is 9.23. The third-order valence-electron chi connectivity index (χ3n) is 4.78. The number of nitrogens with one attached hydrogen (secondary N) is 1. The molecule has 0 saturated heterocycles. The number of hydrogen-bond donors (Lipinski definition) is 1. The zero-order valence-electron chi connectivity index (χ0n) is 12.1. The van der Waals surface area contributed by atoms with Crippen LogP contribution >= 0.6 is 0 Å². The van der Waals surface area contributed by atoms with Crippen LogP contribution in [0.3, 0.4) is 0 Å². The van der Waals surface area contributed by atoms with E-state index in [0.717, 1.165) is 18.3 Å². The minimum Gasteiger partial charge on any atom is -0.339 e. The molecule has 1 aromatic rings. The monoisotopic (exact) mass is 263 g/mol. The molecule has 106 valence electrons. The third kappa shape index (κ3) is 2.69. The SMILES string of the molecule is CCNC1CCCCCC1c1nc(C2(C)CC2)no1. The molecule has 2 atom stereocenters. The van der Waals surface area contributed by atoms with Crippen LogP contribution in [0.1, 0.15) is 76.4 Å². The Balaban J connectivity index is 1.78. The first-order valence-electron chi connectivity index (χ1n) is 7.80. The maximum Gasteiger partial charge on any atom is 0.231 e. The third-order valence-corrected chi connectivity index (χ3v) is 4.78. The Labute approximate surface area is 115 Å². The largest absolute Gasteiger partial charge is 0.339 e. The van der Waals surface area contributed by atoms with Gasteiger partial charge < -0.3 is 9.84 Å². The van der Waals surface area contributed by atoms with Gasteiger partial charge in [0.2, 0.25) is 5.89 Å². The topological polar surface area (TPSA) is 51.0 Å². The average molecular weight is 263 g/mol. The van der Waals surface area contributed by atoms with E-state index in [2.05, 4.69) is 24.3 Å². The molecule has 0 aromatic carbocycles. The highest BCUT2D eigenvalue weighted by molar-refractivity contribution is 5.15. The maximum absolute atomic E-state index is 5.60. The van der Waals surface area contributed by atoms with Crippen molar-refractivity contribution < 1.29 is 4.52 Å². The fourth-order valence-electron chi connectivity index (χ4n) is 3.15. The average Bonchev–Trinajstić information content (AvgIpc) is 3.03. The van der Waals surface area contributed by atoms with Gasteiger partial charge in [-0.25, -0.2) is 0 Å². The van der Waals surface area contributed by atoms with Crippen molar-refractivity contribution in [3.63, 3.8) is 0 Å². The van der Waals surface area contributed by atoms with E-state index >= 15 is 0 Å². The lowest BCUT2D eigenvalue weighted by molar-refractivity contribution is 0.303. The fraction of sp³-hybridized carbons (Fsp3) is 0.867. The molecule has 1 N–H and O–H groups in total. The van der Waals surface area contributed by atoms with Gasteiger partial charge in [0.05, 0.1) is 5.92 Å². The molecule has 3 rings (SSSR count). The van der Waals surface area contributed by atoms with Crippen molar-refractivity contribution in [2.75, 3.05) is 6.54 Å². The van der Waals surface area contributed by atoms with Crippen LogP contribution in [0.15, 0.2) is 4.52 Å². The van der Waals surface area contributed by atoms with Crippen molar-refractivity contribution in [3.8, 4) is 0 Å². The number of aromatic nitrogens is 2. The summed E-state index contributed by atoms with van der Waals surface area (Å²) in [5, 5.41) is 7.85. The van der Waals surface area contributed by atoms with Crippen molar-refractivity contribution in [1.29, 1.82) is 0 Å². The molecule has 4 heteroatoms. The summed E-state index contributed by atoms with van der Waals surface area (Å²) in [6.07, 6.45) is 8.73. The maximum atomic E-state index is 5.60. The summed E-state index contributed by atoms with van der Waals surface area (Å²) >= 11 is 0. The van der Waals surface area contributed by atoms with Crippen molar-refractivity contribution in [3.05, 3.63) is 11.7 Å². The van der Waals surface area contributed by atoms with Crippen LogP contribution in [0.2, 0.25) is 0 Å². The van der Waals surface area contributed by atoms with E-state index in [-0.39, 0.29) is 5.41 Å². The minimum atomic E-state index is 0.208. The van der Waals surface area contributed by atoms with Crippen LogP contribution in [0, 0.1) is 0 Å². The molecular formula is C15H25N3O. The molecule has 2 unspecified atom stereocenters. The summed E-state index contributed by atoms with van der Waals surface area (Å²) in [4.78, 5) is 4.72. The lowest BCUT2D eigenvalue weighted by Gasteiger charge is -2.22. The lowest BCUT2D eigenvalue weighted by Crippen LogP contribution is -2.34. The second-order valence-corrected chi connectivity index (χ2v) is 6.43.